The van der Waals surface area contributed by atoms with E-state index in [0.29, 0.717) is 24.8 Å². The number of nitrogens with one attached hydrogen (secondary N) is 1. The third kappa shape index (κ3) is 6.74. The number of aromatic nitrogens is 2. The summed E-state index contributed by atoms with van der Waals surface area (Å²) in [6.45, 7) is 2.93. The molecule has 1 fully saturated rings. The number of ether oxygens (including phenoxy) is 1. The van der Waals surface area contributed by atoms with E-state index in [9.17, 15) is 4.79 Å². The topological polar surface area (TPSA) is 80.5 Å². The lowest BCUT2D eigenvalue weighted by Gasteiger charge is -2.30. The zero-order valence-corrected chi connectivity index (χ0v) is 20.8. The number of carbonyl (C=O) groups excluding carboxylic acids is 1. The van der Waals surface area contributed by atoms with Crippen molar-refractivity contribution in [3.05, 3.63) is 65.0 Å². The van der Waals surface area contributed by atoms with Crippen LogP contribution in [-0.2, 0) is 17.1 Å². The molecule has 0 bridgehead atoms. The van der Waals surface area contributed by atoms with Crippen molar-refractivity contribution in [3.63, 3.8) is 0 Å². The van der Waals surface area contributed by atoms with Crippen LogP contribution in [0, 0.1) is 5.92 Å². The van der Waals surface area contributed by atoms with Crippen LogP contribution in [0.1, 0.15) is 24.3 Å². The SMILES string of the molecule is COc1ccc(-c2noc(CN3CCC(C(=O)NCCSCc4ccccc4Cl)CC3)n2)cc1. The van der Waals surface area contributed by atoms with Gasteiger partial charge in [0.05, 0.1) is 13.7 Å². The maximum atomic E-state index is 12.5. The van der Waals surface area contributed by atoms with Crippen molar-refractivity contribution in [3.8, 4) is 17.1 Å². The van der Waals surface area contributed by atoms with E-state index in [-0.39, 0.29) is 11.8 Å². The van der Waals surface area contributed by atoms with E-state index in [0.717, 1.165) is 59.3 Å². The minimum absolute atomic E-state index is 0.0577. The number of piperidine rings is 1. The maximum Gasteiger partial charge on any atom is 0.241 e. The van der Waals surface area contributed by atoms with Gasteiger partial charge in [-0.3, -0.25) is 9.69 Å². The predicted molar refractivity (Wildman–Crippen MR) is 135 cm³/mol. The molecule has 0 saturated carbocycles. The third-order valence-corrected chi connectivity index (χ3v) is 7.27. The van der Waals surface area contributed by atoms with Crippen molar-refractivity contribution >= 4 is 29.3 Å². The molecule has 34 heavy (non-hydrogen) atoms. The third-order valence-electron chi connectivity index (χ3n) is 5.89. The Bertz CT molecular complexity index is 1070. The van der Waals surface area contributed by atoms with Crippen molar-refractivity contribution in [1.82, 2.24) is 20.4 Å². The molecule has 2 heterocycles. The number of thioether (sulfide) groups is 1. The van der Waals surface area contributed by atoms with Gasteiger partial charge in [-0.15, -0.1) is 0 Å². The maximum absolute atomic E-state index is 12.5. The van der Waals surface area contributed by atoms with Gasteiger partial charge < -0.3 is 14.6 Å². The van der Waals surface area contributed by atoms with E-state index in [1.807, 2.05) is 48.5 Å². The second kappa shape index (κ2) is 12.2. The summed E-state index contributed by atoms with van der Waals surface area (Å²) < 4.78 is 10.6. The number of hydrogen-bond donors (Lipinski definition) is 1. The second-order valence-electron chi connectivity index (χ2n) is 8.23. The van der Waals surface area contributed by atoms with E-state index in [2.05, 4.69) is 20.4 Å². The van der Waals surface area contributed by atoms with Crippen LogP contribution in [0.15, 0.2) is 53.1 Å². The minimum atomic E-state index is 0.0577. The van der Waals surface area contributed by atoms with Gasteiger partial charge >= 0.3 is 0 Å². The lowest BCUT2D eigenvalue weighted by Crippen LogP contribution is -2.40. The van der Waals surface area contributed by atoms with Crippen LogP contribution in [-0.4, -0.2) is 53.4 Å². The molecule has 0 atom stereocenters. The molecule has 4 rings (SSSR count). The molecule has 3 aromatic rings. The largest absolute Gasteiger partial charge is 0.497 e. The molecular formula is C25H29ClN4O3S. The first kappa shape index (κ1) is 24.6. The summed E-state index contributed by atoms with van der Waals surface area (Å²) >= 11 is 7.96. The molecule has 0 unspecified atom stereocenters. The first-order chi connectivity index (χ1) is 16.6. The molecule has 180 valence electrons. The van der Waals surface area contributed by atoms with Crippen LogP contribution in [0.5, 0.6) is 5.75 Å². The summed E-state index contributed by atoms with van der Waals surface area (Å²) in [5.74, 6) is 3.87. The summed E-state index contributed by atoms with van der Waals surface area (Å²) in [5, 5.41) is 7.98. The first-order valence-electron chi connectivity index (χ1n) is 11.4. The Hall–Kier alpha value is -2.55. The van der Waals surface area contributed by atoms with E-state index in [1.165, 1.54) is 0 Å². The van der Waals surface area contributed by atoms with Crippen molar-refractivity contribution in [2.24, 2.45) is 5.92 Å². The highest BCUT2D eigenvalue weighted by molar-refractivity contribution is 7.98. The van der Waals surface area contributed by atoms with Crippen LogP contribution in [0.25, 0.3) is 11.4 Å². The van der Waals surface area contributed by atoms with E-state index in [1.54, 1.807) is 18.9 Å². The van der Waals surface area contributed by atoms with Gasteiger partial charge in [0.15, 0.2) is 0 Å². The van der Waals surface area contributed by atoms with Gasteiger partial charge in [-0.2, -0.15) is 16.7 Å². The number of amides is 1. The monoisotopic (exact) mass is 500 g/mol. The molecule has 7 nitrogen and oxygen atoms in total. The van der Waals surface area contributed by atoms with Crippen LogP contribution < -0.4 is 10.1 Å². The number of methoxy groups -OCH3 is 1. The highest BCUT2D eigenvalue weighted by atomic mass is 35.5. The Morgan fingerprint density at radius 1 is 1.21 bits per heavy atom. The number of carbonyl (C=O) groups is 1. The van der Waals surface area contributed by atoms with Gasteiger partial charge in [-0.25, -0.2) is 0 Å². The lowest BCUT2D eigenvalue weighted by molar-refractivity contribution is -0.126. The van der Waals surface area contributed by atoms with Crippen molar-refractivity contribution in [2.75, 3.05) is 32.5 Å². The number of likely N-dealkylation sites (tertiary alicyclic amines) is 1. The molecular weight excluding hydrogens is 472 g/mol. The Balaban J connectivity index is 1.14. The zero-order chi connectivity index (χ0) is 23.8. The molecule has 1 aliphatic heterocycles. The summed E-state index contributed by atoms with van der Waals surface area (Å²) in [4.78, 5) is 19.3. The molecule has 1 aliphatic rings. The van der Waals surface area contributed by atoms with Crippen molar-refractivity contribution in [1.29, 1.82) is 0 Å². The van der Waals surface area contributed by atoms with Gasteiger partial charge in [-0.1, -0.05) is 35.0 Å². The van der Waals surface area contributed by atoms with Crippen molar-refractivity contribution < 1.29 is 14.1 Å². The standard InChI is InChI=1S/C25H29ClN4O3S/c1-32-21-8-6-18(7-9-21)24-28-23(33-29-24)16-30-13-10-19(11-14-30)25(31)27-12-15-34-17-20-4-2-3-5-22(20)26/h2-9,19H,10-17H2,1H3,(H,27,31). The average molecular weight is 501 g/mol. The van der Waals surface area contributed by atoms with Crippen LogP contribution in [0.4, 0.5) is 0 Å². The fourth-order valence-corrected chi connectivity index (χ4v) is 5.05. The lowest BCUT2D eigenvalue weighted by atomic mass is 9.96. The quantitative estimate of drug-likeness (QED) is 0.405. The molecule has 0 spiro atoms. The first-order valence-corrected chi connectivity index (χ1v) is 12.9. The highest BCUT2D eigenvalue weighted by Gasteiger charge is 2.25. The molecule has 9 heteroatoms. The zero-order valence-electron chi connectivity index (χ0n) is 19.2. The van der Waals surface area contributed by atoms with Crippen LogP contribution in [0.3, 0.4) is 0 Å². The number of nitrogens with zero attached hydrogens (tertiary/aromatic N) is 3. The van der Waals surface area contributed by atoms with Gasteiger partial charge in [0, 0.05) is 34.6 Å². The van der Waals surface area contributed by atoms with E-state index >= 15 is 0 Å². The fraction of sp³-hybridized carbons (Fsp3) is 0.400. The fourth-order valence-electron chi connectivity index (χ4n) is 3.91. The van der Waals surface area contributed by atoms with Gasteiger partial charge in [0.2, 0.25) is 17.6 Å². The number of halogens is 1. The van der Waals surface area contributed by atoms with Crippen LogP contribution in [0.2, 0.25) is 5.02 Å². The molecule has 2 aromatic carbocycles. The van der Waals surface area contributed by atoms with Crippen LogP contribution >= 0.6 is 23.4 Å². The summed E-state index contributed by atoms with van der Waals surface area (Å²) in [6.07, 6.45) is 1.66. The van der Waals surface area contributed by atoms with E-state index < -0.39 is 0 Å². The predicted octanol–water partition coefficient (Wildman–Crippen LogP) is 4.66. The normalized spacial score (nSPS) is 14.8. The van der Waals surface area contributed by atoms with Crippen molar-refractivity contribution in [2.45, 2.75) is 25.1 Å². The van der Waals surface area contributed by atoms with Gasteiger partial charge in [-0.05, 0) is 61.8 Å². The van der Waals surface area contributed by atoms with Gasteiger partial charge in [0.25, 0.3) is 0 Å². The van der Waals surface area contributed by atoms with Gasteiger partial charge in [0.1, 0.15) is 5.75 Å². The molecule has 1 aromatic heterocycles. The molecule has 1 N–H and O–H groups in total. The molecule has 1 amide bonds. The Kier molecular flexibility index (Phi) is 8.85. The summed E-state index contributed by atoms with van der Waals surface area (Å²) in [5.41, 5.74) is 2.02. The minimum Gasteiger partial charge on any atom is -0.497 e. The second-order valence-corrected chi connectivity index (χ2v) is 9.74. The average Bonchev–Trinajstić information content (AvgIpc) is 3.33. The highest BCUT2D eigenvalue weighted by Crippen LogP contribution is 2.23. The number of benzene rings is 2. The van der Waals surface area contributed by atoms with E-state index in [4.69, 9.17) is 20.9 Å². The Labute approximate surface area is 209 Å². The summed E-state index contributed by atoms with van der Waals surface area (Å²) in [7, 11) is 1.64. The molecule has 0 radical (unpaired) electrons. The number of rotatable bonds is 10. The summed E-state index contributed by atoms with van der Waals surface area (Å²) in [6, 6.07) is 15.4. The Morgan fingerprint density at radius 3 is 2.71 bits per heavy atom. The smallest absolute Gasteiger partial charge is 0.241 e. The Morgan fingerprint density at radius 2 is 1.97 bits per heavy atom. The molecule has 1 saturated heterocycles. The number of hydrogen-bond acceptors (Lipinski definition) is 7. The molecule has 0 aliphatic carbocycles.